The molecule has 0 heterocycles. The first-order chi connectivity index (χ1) is 8.34. The van der Waals surface area contributed by atoms with Crippen molar-refractivity contribution in [2.45, 2.75) is 52.1 Å². The molecule has 0 aromatic heterocycles. The second kappa shape index (κ2) is 6.07. The fourth-order valence-electron chi connectivity index (χ4n) is 1.86. The Labute approximate surface area is 109 Å². The normalized spacial score (nSPS) is 16.5. The Morgan fingerprint density at radius 2 is 1.83 bits per heavy atom. The van der Waals surface area contributed by atoms with Crippen molar-refractivity contribution in [2.75, 3.05) is 13.6 Å². The van der Waals surface area contributed by atoms with Crippen LogP contribution in [0, 0.1) is 5.92 Å². The van der Waals surface area contributed by atoms with Crippen molar-refractivity contribution in [2.24, 2.45) is 5.92 Å². The lowest BCUT2D eigenvalue weighted by Crippen LogP contribution is -2.48. The lowest BCUT2D eigenvalue weighted by Gasteiger charge is -2.33. The number of hydrogen-bond acceptors (Lipinski definition) is 2. The maximum Gasteiger partial charge on any atom is 0.320 e. The standard InChI is InChI=1S/C13H24N2O3/c1-9(2)10(3)14(4)13(18)15(11-5-6-11)8-7-12(16)17/h9-11H,5-8H2,1-4H3,(H,16,17). The molecule has 1 fully saturated rings. The van der Waals surface area contributed by atoms with Crippen LogP contribution in [0.25, 0.3) is 0 Å². The molecular weight excluding hydrogens is 232 g/mol. The Bertz CT molecular complexity index is 313. The quantitative estimate of drug-likeness (QED) is 0.791. The number of carboxylic acids is 1. The fraction of sp³-hybridized carbons (Fsp3) is 0.846. The van der Waals surface area contributed by atoms with E-state index in [1.807, 2.05) is 6.92 Å². The van der Waals surface area contributed by atoms with Crippen LogP contribution in [0.15, 0.2) is 0 Å². The van der Waals surface area contributed by atoms with Crippen LogP contribution in [0.1, 0.15) is 40.0 Å². The van der Waals surface area contributed by atoms with Gasteiger partial charge in [-0.25, -0.2) is 4.79 Å². The van der Waals surface area contributed by atoms with Crippen molar-refractivity contribution < 1.29 is 14.7 Å². The summed E-state index contributed by atoms with van der Waals surface area (Å²) in [6.07, 6.45) is 2.01. The second-order valence-corrected chi connectivity index (χ2v) is 5.45. The molecule has 0 saturated heterocycles. The van der Waals surface area contributed by atoms with E-state index < -0.39 is 5.97 Å². The lowest BCUT2D eigenvalue weighted by molar-refractivity contribution is -0.137. The van der Waals surface area contributed by atoms with Gasteiger partial charge in [-0.2, -0.15) is 0 Å². The monoisotopic (exact) mass is 256 g/mol. The number of urea groups is 1. The minimum Gasteiger partial charge on any atom is -0.481 e. The van der Waals surface area contributed by atoms with Gasteiger partial charge in [0.1, 0.15) is 0 Å². The maximum absolute atomic E-state index is 12.3. The average Bonchev–Trinajstić information content (AvgIpc) is 3.10. The molecule has 104 valence electrons. The van der Waals surface area contributed by atoms with E-state index >= 15 is 0 Å². The van der Waals surface area contributed by atoms with E-state index in [1.54, 1.807) is 16.8 Å². The zero-order chi connectivity index (χ0) is 13.9. The van der Waals surface area contributed by atoms with Gasteiger partial charge in [0.25, 0.3) is 0 Å². The highest BCUT2D eigenvalue weighted by atomic mass is 16.4. The summed E-state index contributed by atoms with van der Waals surface area (Å²) in [6.45, 7) is 6.49. The Hall–Kier alpha value is -1.26. The summed E-state index contributed by atoms with van der Waals surface area (Å²) in [5.41, 5.74) is 0. The molecular formula is C13H24N2O3. The molecule has 0 aromatic rings. The molecule has 0 aliphatic heterocycles. The molecule has 5 nitrogen and oxygen atoms in total. The van der Waals surface area contributed by atoms with Crippen molar-refractivity contribution in [1.29, 1.82) is 0 Å². The maximum atomic E-state index is 12.3. The Morgan fingerprint density at radius 3 is 2.22 bits per heavy atom. The second-order valence-electron chi connectivity index (χ2n) is 5.45. The summed E-state index contributed by atoms with van der Waals surface area (Å²) < 4.78 is 0. The van der Waals surface area contributed by atoms with Gasteiger partial charge >= 0.3 is 12.0 Å². The highest BCUT2D eigenvalue weighted by Gasteiger charge is 2.35. The lowest BCUT2D eigenvalue weighted by atomic mass is 10.1. The molecule has 18 heavy (non-hydrogen) atoms. The van der Waals surface area contributed by atoms with Gasteiger partial charge in [-0.3, -0.25) is 4.79 Å². The highest BCUT2D eigenvalue weighted by molar-refractivity contribution is 5.76. The van der Waals surface area contributed by atoms with Crippen LogP contribution in [-0.4, -0.2) is 52.6 Å². The van der Waals surface area contributed by atoms with Crippen molar-refractivity contribution in [3.63, 3.8) is 0 Å². The topological polar surface area (TPSA) is 60.9 Å². The van der Waals surface area contributed by atoms with Gasteiger partial charge in [-0.15, -0.1) is 0 Å². The number of carbonyl (C=O) groups excluding carboxylic acids is 1. The first kappa shape index (κ1) is 14.8. The predicted octanol–water partition coefficient (Wildman–Crippen LogP) is 2.02. The zero-order valence-electron chi connectivity index (χ0n) is 11.7. The molecule has 1 aliphatic carbocycles. The first-order valence-corrected chi connectivity index (χ1v) is 6.59. The van der Waals surface area contributed by atoms with Crippen LogP contribution < -0.4 is 0 Å². The van der Waals surface area contributed by atoms with Crippen LogP contribution >= 0.6 is 0 Å². The van der Waals surface area contributed by atoms with Gasteiger partial charge < -0.3 is 14.9 Å². The van der Waals surface area contributed by atoms with Crippen LogP contribution in [0.3, 0.4) is 0 Å². The molecule has 1 rings (SSSR count). The van der Waals surface area contributed by atoms with Gasteiger partial charge in [0, 0.05) is 25.7 Å². The van der Waals surface area contributed by atoms with Crippen LogP contribution in [-0.2, 0) is 4.79 Å². The van der Waals surface area contributed by atoms with E-state index in [-0.39, 0.29) is 24.5 Å². The van der Waals surface area contributed by atoms with Gasteiger partial charge in [-0.1, -0.05) is 13.8 Å². The number of hydrogen-bond donors (Lipinski definition) is 1. The van der Waals surface area contributed by atoms with E-state index in [0.717, 1.165) is 12.8 Å². The molecule has 0 spiro atoms. The molecule has 1 aliphatic rings. The minimum atomic E-state index is -0.854. The van der Waals surface area contributed by atoms with Gasteiger partial charge in [-0.05, 0) is 25.7 Å². The van der Waals surface area contributed by atoms with Crippen molar-refractivity contribution >= 4 is 12.0 Å². The van der Waals surface area contributed by atoms with Crippen molar-refractivity contribution in [3.05, 3.63) is 0 Å². The third-order valence-corrected chi connectivity index (χ3v) is 3.68. The molecule has 0 radical (unpaired) electrons. The molecule has 1 N–H and O–H groups in total. The Morgan fingerprint density at radius 1 is 1.28 bits per heavy atom. The SMILES string of the molecule is CC(C)C(C)N(C)C(=O)N(CCC(=O)O)C1CC1. The van der Waals surface area contributed by atoms with E-state index in [9.17, 15) is 9.59 Å². The van der Waals surface area contributed by atoms with Crippen LogP contribution in [0.5, 0.6) is 0 Å². The zero-order valence-corrected chi connectivity index (χ0v) is 11.7. The molecule has 0 bridgehead atoms. The molecule has 5 heteroatoms. The number of nitrogens with zero attached hydrogens (tertiary/aromatic N) is 2. The van der Waals surface area contributed by atoms with Crippen LogP contribution in [0.4, 0.5) is 4.79 Å². The van der Waals surface area contributed by atoms with E-state index in [0.29, 0.717) is 12.5 Å². The summed E-state index contributed by atoms with van der Waals surface area (Å²) in [5, 5.41) is 8.73. The third-order valence-electron chi connectivity index (χ3n) is 3.68. The van der Waals surface area contributed by atoms with Gasteiger partial charge in [0.2, 0.25) is 0 Å². The fourth-order valence-corrected chi connectivity index (χ4v) is 1.86. The smallest absolute Gasteiger partial charge is 0.320 e. The number of rotatable bonds is 6. The number of carboxylic acid groups (broad SMARTS) is 1. The number of amides is 2. The van der Waals surface area contributed by atoms with Crippen molar-refractivity contribution in [3.8, 4) is 0 Å². The van der Waals surface area contributed by atoms with Gasteiger partial charge in [0.15, 0.2) is 0 Å². The summed E-state index contributed by atoms with van der Waals surface area (Å²) in [6, 6.07) is 0.363. The molecule has 1 saturated carbocycles. The summed E-state index contributed by atoms with van der Waals surface area (Å²) in [5.74, 6) is -0.465. The average molecular weight is 256 g/mol. The molecule has 1 unspecified atom stereocenters. The van der Waals surface area contributed by atoms with Gasteiger partial charge in [0.05, 0.1) is 6.42 Å². The van der Waals surface area contributed by atoms with Crippen LogP contribution in [0.2, 0.25) is 0 Å². The summed E-state index contributed by atoms with van der Waals surface area (Å²) in [4.78, 5) is 26.4. The summed E-state index contributed by atoms with van der Waals surface area (Å²) >= 11 is 0. The Kier molecular flexibility index (Phi) is 4.99. The third kappa shape index (κ3) is 3.89. The largest absolute Gasteiger partial charge is 0.481 e. The van der Waals surface area contributed by atoms with E-state index in [1.165, 1.54) is 0 Å². The van der Waals surface area contributed by atoms with E-state index in [2.05, 4.69) is 13.8 Å². The van der Waals surface area contributed by atoms with E-state index in [4.69, 9.17) is 5.11 Å². The highest BCUT2D eigenvalue weighted by Crippen LogP contribution is 2.28. The molecule has 2 amide bonds. The molecule has 0 aromatic carbocycles. The molecule has 1 atom stereocenters. The number of carbonyl (C=O) groups is 2. The first-order valence-electron chi connectivity index (χ1n) is 6.59. The summed E-state index contributed by atoms with van der Waals surface area (Å²) in [7, 11) is 1.79. The number of aliphatic carboxylic acids is 1. The van der Waals surface area contributed by atoms with Crippen molar-refractivity contribution in [1.82, 2.24) is 9.80 Å². The predicted molar refractivity (Wildman–Crippen MR) is 69.4 cm³/mol. The minimum absolute atomic E-state index is 0.0200. The Balaban J connectivity index is 2.61.